The van der Waals surface area contributed by atoms with Crippen LogP contribution in [-0.2, 0) is 0 Å². The predicted octanol–water partition coefficient (Wildman–Crippen LogP) is 1.54. The van der Waals surface area contributed by atoms with Gasteiger partial charge in [0, 0.05) is 0 Å². The Balaban J connectivity index is 2.16. The van der Waals surface area contributed by atoms with Crippen LogP contribution in [0.5, 0.6) is 5.75 Å². The van der Waals surface area contributed by atoms with E-state index in [1.54, 1.807) is 7.11 Å². The molecular weight excluding hydrogens is 392 g/mol. The van der Waals surface area contributed by atoms with Crippen LogP contribution in [0.15, 0.2) is 42.5 Å². The van der Waals surface area contributed by atoms with Gasteiger partial charge in [-0.25, -0.2) is 0 Å². The molecule has 88 valence electrons. The summed E-state index contributed by atoms with van der Waals surface area (Å²) >= 11 is 2.59. The molecule has 0 atom stereocenters. The first kappa shape index (κ1) is 12.7. The third-order valence-corrected chi connectivity index (χ3v) is 5.29. The second kappa shape index (κ2) is 5.76. The summed E-state index contributed by atoms with van der Waals surface area (Å²) in [6, 6.07) is 14.5. The zero-order valence-corrected chi connectivity index (χ0v) is 13.2. The summed E-state index contributed by atoms with van der Waals surface area (Å²) in [6.07, 6.45) is 0. The first-order chi connectivity index (χ1) is 8.19. The van der Waals surface area contributed by atoms with Gasteiger partial charge < -0.3 is 0 Å². The van der Waals surface area contributed by atoms with Crippen LogP contribution in [-0.4, -0.2) is 22.1 Å². The fourth-order valence-corrected chi connectivity index (χ4v) is 4.14. The van der Waals surface area contributed by atoms with Gasteiger partial charge in [0.2, 0.25) is 0 Å². The molecule has 0 aromatic heterocycles. The Morgan fingerprint density at radius 3 is 2.29 bits per heavy atom. The number of nitrogen functional groups attached to an aromatic ring is 1. The Labute approximate surface area is 121 Å². The van der Waals surface area contributed by atoms with Crippen molar-refractivity contribution in [3.05, 3.63) is 46.0 Å². The second-order valence-corrected chi connectivity index (χ2v) is 7.03. The summed E-state index contributed by atoms with van der Waals surface area (Å²) in [5.41, 5.74) is 6.65. The molecule has 0 saturated carbocycles. The molecule has 0 aliphatic heterocycles. The molecule has 2 rings (SSSR count). The minimum atomic E-state index is 0.319. The normalized spacial score (nSPS) is 10.2. The summed E-state index contributed by atoms with van der Waals surface area (Å²) < 4.78 is 8.93. The molecule has 2 nitrogen and oxygen atoms in total. The summed E-state index contributed by atoms with van der Waals surface area (Å²) in [6.45, 7) is 0. The topological polar surface area (TPSA) is 35.2 Å². The standard InChI is InChI=1S/C13H12INOSe/c1-16-9-2-4-10(5-3-9)17-11-6-7-13(15)12(14)8-11/h2-8H,15H2,1H3. The number of rotatable bonds is 3. The van der Waals surface area contributed by atoms with Crippen LogP contribution in [0, 0.1) is 3.57 Å². The maximum atomic E-state index is 5.80. The molecular formula is C13H12INOSe. The van der Waals surface area contributed by atoms with E-state index in [-0.39, 0.29) is 0 Å². The number of ether oxygens (including phenoxy) is 1. The van der Waals surface area contributed by atoms with Crippen LogP contribution in [0.25, 0.3) is 0 Å². The number of hydrogen-bond donors (Lipinski definition) is 1. The Morgan fingerprint density at radius 1 is 1.06 bits per heavy atom. The molecule has 2 N–H and O–H groups in total. The van der Waals surface area contributed by atoms with Gasteiger partial charge in [0.15, 0.2) is 0 Å². The molecule has 17 heavy (non-hydrogen) atoms. The third-order valence-electron chi connectivity index (χ3n) is 2.27. The SMILES string of the molecule is COc1ccc([Se]c2ccc(N)c(I)c2)cc1. The molecule has 0 fully saturated rings. The van der Waals surface area contributed by atoms with Gasteiger partial charge in [-0.3, -0.25) is 0 Å². The summed E-state index contributed by atoms with van der Waals surface area (Å²) in [4.78, 5) is 0. The summed E-state index contributed by atoms with van der Waals surface area (Å²) in [7, 11) is 1.68. The molecule has 0 unspecified atom stereocenters. The van der Waals surface area contributed by atoms with E-state index in [0.717, 1.165) is 15.0 Å². The van der Waals surface area contributed by atoms with Crippen molar-refractivity contribution < 1.29 is 4.74 Å². The van der Waals surface area contributed by atoms with Crippen LogP contribution in [0.2, 0.25) is 0 Å². The summed E-state index contributed by atoms with van der Waals surface area (Å²) in [5, 5.41) is 0. The van der Waals surface area contributed by atoms with Crippen LogP contribution in [0.4, 0.5) is 5.69 Å². The maximum absolute atomic E-state index is 5.80. The molecule has 0 radical (unpaired) electrons. The van der Waals surface area contributed by atoms with Gasteiger partial charge in [-0.2, -0.15) is 0 Å². The molecule has 0 spiro atoms. The van der Waals surface area contributed by atoms with E-state index < -0.39 is 0 Å². The van der Waals surface area contributed by atoms with Crippen LogP contribution in [0.3, 0.4) is 0 Å². The zero-order chi connectivity index (χ0) is 12.3. The van der Waals surface area contributed by atoms with Crippen LogP contribution >= 0.6 is 22.6 Å². The van der Waals surface area contributed by atoms with E-state index >= 15 is 0 Å². The monoisotopic (exact) mass is 405 g/mol. The Kier molecular flexibility index (Phi) is 4.31. The van der Waals surface area contributed by atoms with Crippen molar-refractivity contribution in [2.75, 3.05) is 12.8 Å². The number of methoxy groups -OCH3 is 1. The minimum absolute atomic E-state index is 0.319. The molecule has 0 aliphatic rings. The van der Waals surface area contributed by atoms with E-state index in [9.17, 15) is 0 Å². The van der Waals surface area contributed by atoms with Crippen molar-refractivity contribution in [2.45, 2.75) is 0 Å². The predicted molar refractivity (Wildman–Crippen MR) is 81.6 cm³/mol. The van der Waals surface area contributed by atoms with Crippen molar-refractivity contribution in [3.63, 3.8) is 0 Å². The number of halogens is 1. The van der Waals surface area contributed by atoms with Crippen LogP contribution < -0.4 is 19.4 Å². The quantitative estimate of drug-likeness (QED) is 0.479. The first-order valence-corrected chi connectivity index (χ1v) is 7.85. The van der Waals surface area contributed by atoms with Gasteiger partial charge in [-0.1, -0.05) is 0 Å². The number of hydrogen-bond acceptors (Lipinski definition) is 2. The molecule has 2 aromatic rings. The van der Waals surface area contributed by atoms with E-state index in [4.69, 9.17) is 10.5 Å². The van der Waals surface area contributed by atoms with Gasteiger partial charge in [0.25, 0.3) is 0 Å². The molecule has 4 heteroatoms. The molecule has 2 aromatic carbocycles. The molecule has 0 amide bonds. The van der Waals surface area contributed by atoms with Crippen molar-refractivity contribution in [2.24, 2.45) is 0 Å². The second-order valence-electron chi connectivity index (χ2n) is 3.46. The molecule has 0 saturated heterocycles. The van der Waals surface area contributed by atoms with Crippen molar-refractivity contribution in [1.29, 1.82) is 0 Å². The van der Waals surface area contributed by atoms with Gasteiger partial charge in [-0.05, 0) is 0 Å². The molecule has 0 bridgehead atoms. The Hall–Kier alpha value is -0.711. The van der Waals surface area contributed by atoms with Crippen LogP contribution in [0.1, 0.15) is 0 Å². The third kappa shape index (κ3) is 3.37. The average Bonchev–Trinajstić information content (AvgIpc) is 2.35. The zero-order valence-electron chi connectivity index (χ0n) is 9.31. The number of benzene rings is 2. The summed E-state index contributed by atoms with van der Waals surface area (Å²) in [5.74, 6) is 0.899. The molecule has 0 aliphatic carbocycles. The van der Waals surface area contributed by atoms with Crippen molar-refractivity contribution in [1.82, 2.24) is 0 Å². The Bertz CT molecular complexity index is 513. The van der Waals surface area contributed by atoms with Crippen molar-refractivity contribution in [3.8, 4) is 5.75 Å². The van der Waals surface area contributed by atoms with Gasteiger partial charge in [0.1, 0.15) is 0 Å². The van der Waals surface area contributed by atoms with Crippen molar-refractivity contribution >= 4 is 52.2 Å². The van der Waals surface area contributed by atoms with E-state index in [0.29, 0.717) is 15.0 Å². The average molecular weight is 404 g/mol. The van der Waals surface area contributed by atoms with Gasteiger partial charge in [0.05, 0.1) is 0 Å². The fraction of sp³-hybridized carbons (Fsp3) is 0.0769. The Morgan fingerprint density at radius 2 is 1.71 bits per heavy atom. The van der Waals surface area contributed by atoms with Gasteiger partial charge in [-0.15, -0.1) is 0 Å². The van der Waals surface area contributed by atoms with E-state index in [1.807, 2.05) is 18.2 Å². The fourth-order valence-electron chi connectivity index (χ4n) is 1.35. The number of anilines is 1. The number of nitrogens with two attached hydrogens (primary N) is 1. The van der Waals surface area contributed by atoms with E-state index in [1.165, 1.54) is 8.92 Å². The molecule has 0 heterocycles. The van der Waals surface area contributed by atoms with Gasteiger partial charge >= 0.3 is 122 Å². The van der Waals surface area contributed by atoms with E-state index in [2.05, 4.69) is 46.9 Å². The first-order valence-electron chi connectivity index (χ1n) is 5.06.